The van der Waals surface area contributed by atoms with Gasteiger partial charge >= 0.3 is 12.3 Å². The fraction of sp³-hybridized carbons (Fsp3) is 0.345. The minimum Gasteiger partial charge on any atom is -0.450 e. The largest absolute Gasteiger partial charge is 0.450 e. The fourth-order valence-corrected chi connectivity index (χ4v) is 4.47. The van der Waals surface area contributed by atoms with Crippen molar-refractivity contribution in [3.8, 4) is 6.07 Å². The minimum absolute atomic E-state index is 0.0392. The summed E-state index contributed by atoms with van der Waals surface area (Å²) in [6.45, 7) is 4.72. The molecule has 0 saturated heterocycles. The molecule has 0 spiro atoms. The summed E-state index contributed by atoms with van der Waals surface area (Å²) in [4.78, 5) is 31.1. The number of hydrogen-bond acceptors (Lipinski definition) is 7. The smallest absolute Gasteiger partial charge is 0.416 e. The summed E-state index contributed by atoms with van der Waals surface area (Å²) in [7, 11) is 0. The highest BCUT2D eigenvalue weighted by Crippen LogP contribution is 2.34. The van der Waals surface area contributed by atoms with Crippen LogP contribution < -0.4 is 11.1 Å². The predicted molar refractivity (Wildman–Crippen MR) is 153 cm³/mol. The average Bonchev–Trinajstić information content (AvgIpc) is 3.37. The van der Waals surface area contributed by atoms with Crippen LogP contribution in [0, 0.1) is 16.7 Å². The molecule has 1 aromatic heterocycles. The maximum Gasteiger partial charge on any atom is 0.416 e. The molecule has 0 aliphatic rings. The molecule has 1 amide bonds. The number of rotatable bonds is 10. The van der Waals surface area contributed by atoms with Crippen LogP contribution in [0.1, 0.15) is 48.7 Å². The first-order valence-electron chi connectivity index (χ1n) is 12.9. The van der Waals surface area contributed by atoms with E-state index in [-0.39, 0.29) is 29.5 Å². The van der Waals surface area contributed by atoms with Crippen molar-refractivity contribution >= 4 is 29.2 Å². The van der Waals surface area contributed by atoms with Crippen LogP contribution in [0.5, 0.6) is 0 Å². The summed E-state index contributed by atoms with van der Waals surface area (Å²) >= 11 is 5.37. The number of ether oxygens (including phenoxy) is 1. The third-order valence-corrected chi connectivity index (χ3v) is 7.12. The zero-order valence-electron chi connectivity index (χ0n) is 23.3. The topological polar surface area (TPSA) is 126 Å². The van der Waals surface area contributed by atoms with Gasteiger partial charge in [0.1, 0.15) is 5.78 Å². The molecule has 0 saturated carbocycles. The summed E-state index contributed by atoms with van der Waals surface area (Å²) in [6.07, 6.45) is -3.75. The standard InChI is InChI=1S/C29H31F3N6O3S/c1-4-41-27(40)36-26(42)38(17-21-7-5-6-8-23(21)29(30,31)32)25(34)28(2,3)24(39)13-22-15-35-18-37(22)16-20-11-9-19(14-33)10-12-20/h5-12,15,18,25H,4,13,16-17,34H2,1-3H3,(H,36,40,42). The number of alkyl carbamates (subject to hydrolysis) is 1. The Morgan fingerprint density at radius 3 is 2.48 bits per heavy atom. The lowest BCUT2D eigenvalue weighted by atomic mass is 9.82. The summed E-state index contributed by atoms with van der Waals surface area (Å²) in [6, 6.07) is 14.0. The van der Waals surface area contributed by atoms with Gasteiger partial charge in [0.05, 0.1) is 41.7 Å². The maximum atomic E-state index is 13.8. The molecule has 1 unspecified atom stereocenters. The number of nitrogens with one attached hydrogen (secondary N) is 1. The molecule has 3 rings (SSSR count). The van der Waals surface area contributed by atoms with Gasteiger partial charge in [0.15, 0.2) is 5.11 Å². The summed E-state index contributed by atoms with van der Waals surface area (Å²) in [5, 5.41) is 11.1. The van der Waals surface area contributed by atoms with Crippen molar-refractivity contribution in [3.05, 3.63) is 89.0 Å². The van der Waals surface area contributed by atoms with Crippen molar-refractivity contribution in [3.63, 3.8) is 0 Å². The maximum absolute atomic E-state index is 13.8. The molecule has 9 nitrogen and oxygen atoms in total. The number of imidazole rings is 1. The number of nitriles is 1. The first kappa shape index (κ1) is 32.2. The van der Waals surface area contributed by atoms with Crippen molar-refractivity contribution < 1.29 is 27.5 Å². The van der Waals surface area contributed by atoms with Crippen LogP contribution in [0.4, 0.5) is 18.0 Å². The van der Waals surface area contributed by atoms with E-state index in [4.69, 9.17) is 28.0 Å². The molecule has 0 aliphatic carbocycles. The Labute approximate surface area is 247 Å². The lowest BCUT2D eigenvalue weighted by Crippen LogP contribution is -2.59. The van der Waals surface area contributed by atoms with E-state index in [1.54, 1.807) is 62.1 Å². The van der Waals surface area contributed by atoms with Crippen LogP contribution in [0.25, 0.3) is 0 Å². The van der Waals surface area contributed by atoms with E-state index in [9.17, 15) is 22.8 Å². The number of halogens is 3. The third kappa shape index (κ3) is 7.92. The Bertz CT molecular complexity index is 1460. The van der Waals surface area contributed by atoms with Gasteiger partial charge in [-0.05, 0) is 62.3 Å². The first-order chi connectivity index (χ1) is 19.8. The highest BCUT2D eigenvalue weighted by Gasteiger charge is 2.41. The van der Waals surface area contributed by atoms with Gasteiger partial charge in [-0.15, -0.1) is 0 Å². The molecule has 13 heteroatoms. The fourth-order valence-electron chi connectivity index (χ4n) is 4.21. The number of aromatic nitrogens is 2. The number of nitrogens with zero attached hydrogens (tertiary/aromatic N) is 4. The molecule has 0 radical (unpaired) electrons. The Morgan fingerprint density at radius 1 is 1.19 bits per heavy atom. The number of carbonyl (C=O) groups is 2. The quantitative estimate of drug-likeness (QED) is 0.252. The Balaban J connectivity index is 1.87. The van der Waals surface area contributed by atoms with Crippen LogP contribution >= 0.6 is 12.2 Å². The molecule has 222 valence electrons. The van der Waals surface area contributed by atoms with Crippen LogP contribution in [0.2, 0.25) is 0 Å². The number of Topliss-reactive ketones (excluding diaryl/α,β-unsaturated/α-hetero) is 1. The predicted octanol–water partition coefficient (Wildman–Crippen LogP) is 4.78. The van der Waals surface area contributed by atoms with Gasteiger partial charge in [-0.3, -0.25) is 10.1 Å². The molecule has 2 aromatic carbocycles. The van der Waals surface area contributed by atoms with Crippen LogP contribution in [-0.2, 0) is 35.2 Å². The molecule has 3 N–H and O–H groups in total. The lowest BCUT2D eigenvalue weighted by Gasteiger charge is -2.40. The Hall–Kier alpha value is -4.28. The van der Waals surface area contributed by atoms with E-state index in [2.05, 4.69) is 16.4 Å². The summed E-state index contributed by atoms with van der Waals surface area (Å²) in [5.41, 5.74) is 6.18. The minimum atomic E-state index is -4.65. The number of thiocarbonyl (C=S) groups is 1. The number of alkyl halides is 3. The SMILES string of the molecule is CCOC(=O)NC(=S)N(Cc1ccccc1C(F)(F)F)C(N)C(C)(C)C(=O)Cc1cncn1Cc1ccc(C#N)cc1. The Kier molecular flexibility index (Phi) is 10.4. The monoisotopic (exact) mass is 600 g/mol. The van der Waals surface area contributed by atoms with E-state index in [0.29, 0.717) is 17.8 Å². The van der Waals surface area contributed by atoms with Crippen LogP contribution in [-0.4, -0.2) is 44.2 Å². The van der Waals surface area contributed by atoms with Crippen molar-refractivity contribution in [2.24, 2.45) is 11.1 Å². The van der Waals surface area contributed by atoms with Gasteiger partial charge in [0.2, 0.25) is 0 Å². The lowest BCUT2D eigenvalue weighted by molar-refractivity contribution is -0.138. The van der Waals surface area contributed by atoms with Gasteiger partial charge in [-0.25, -0.2) is 9.78 Å². The zero-order valence-corrected chi connectivity index (χ0v) is 24.1. The van der Waals surface area contributed by atoms with E-state index >= 15 is 0 Å². The van der Waals surface area contributed by atoms with Gasteiger partial charge in [0, 0.05) is 31.4 Å². The number of ketones is 1. The molecule has 42 heavy (non-hydrogen) atoms. The van der Waals surface area contributed by atoms with Crippen molar-refractivity contribution in [1.29, 1.82) is 5.26 Å². The molecule has 0 aliphatic heterocycles. The second-order valence-electron chi connectivity index (χ2n) is 10.0. The molecule has 3 aromatic rings. The third-order valence-electron chi connectivity index (χ3n) is 6.78. The van der Waals surface area contributed by atoms with Gasteiger partial charge in [-0.1, -0.05) is 30.3 Å². The normalized spacial score (nSPS) is 12.2. The van der Waals surface area contributed by atoms with E-state index in [0.717, 1.165) is 11.6 Å². The van der Waals surface area contributed by atoms with Crippen LogP contribution in [0.15, 0.2) is 61.1 Å². The zero-order chi connectivity index (χ0) is 31.1. The molecule has 1 heterocycles. The molecule has 0 bridgehead atoms. The second kappa shape index (κ2) is 13.6. The highest BCUT2D eigenvalue weighted by atomic mass is 32.1. The number of amides is 1. The number of benzene rings is 2. The average molecular weight is 601 g/mol. The number of nitrogens with two attached hydrogens (primary N) is 1. The molecule has 1 atom stereocenters. The van der Waals surface area contributed by atoms with Gasteiger partial charge in [0.25, 0.3) is 0 Å². The Morgan fingerprint density at radius 2 is 1.86 bits per heavy atom. The molecule has 0 fully saturated rings. The van der Waals surface area contributed by atoms with Crippen LogP contribution in [0.3, 0.4) is 0 Å². The van der Waals surface area contributed by atoms with E-state index < -0.39 is 36.0 Å². The van der Waals surface area contributed by atoms with Crippen molar-refractivity contribution in [2.75, 3.05) is 6.61 Å². The molecular formula is C29H31F3N6O3S. The van der Waals surface area contributed by atoms with Crippen molar-refractivity contribution in [2.45, 2.75) is 52.6 Å². The van der Waals surface area contributed by atoms with Gasteiger partial charge in [-0.2, -0.15) is 18.4 Å². The summed E-state index contributed by atoms with van der Waals surface area (Å²) in [5.74, 6) is -0.329. The number of carbonyl (C=O) groups excluding carboxylic acids is 2. The van der Waals surface area contributed by atoms with Gasteiger partial charge < -0.3 is 19.9 Å². The summed E-state index contributed by atoms with van der Waals surface area (Å²) < 4.78 is 48.0. The first-order valence-corrected chi connectivity index (χ1v) is 13.3. The van der Waals surface area contributed by atoms with E-state index in [1.807, 2.05) is 0 Å². The van der Waals surface area contributed by atoms with E-state index in [1.165, 1.54) is 23.1 Å². The second-order valence-corrected chi connectivity index (χ2v) is 10.4. The number of hydrogen-bond donors (Lipinski definition) is 2. The molecular weight excluding hydrogens is 569 g/mol. The highest BCUT2D eigenvalue weighted by molar-refractivity contribution is 7.80. The van der Waals surface area contributed by atoms with Crippen molar-refractivity contribution in [1.82, 2.24) is 19.8 Å².